The molecular weight excluding hydrogens is 334 g/mol. The lowest BCUT2D eigenvalue weighted by molar-refractivity contribution is -0.139. The number of nitrogens with one attached hydrogen (secondary N) is 2. The van der Waals surface area contributed by atoms with Gasteiger partial charge in [-0.05, 0) is 50.4 Å². The summed E-state index contributed by atoms with van der Waals surface area (Å²) in [5, 5.41) is 14.7. The van der Waals surface area contributed by atoms with Gasteiger partial charge in [-0.2, -0.15) is 0 Å². The fourth-order valence-corrected chi connectivity index (χ4v) is 3.19. The van der Waals surface area contributed by atoms with Crippen LogP contribution in [0.4, 0.5) is 4.79 Å². The maximum absolute atomic E-state index is 12.0. The highest BCUT2D eigenvalue weighted by molar-refractivity contribution is 5.74. The zero-order valence-electron chi connectivity index (χ0n) is 15.5. The Morgan fingerprint density at radius 1 is 1.31 bits per heavy atom. The van der Waals surface area contributed by atoms with Crippen LogP contribution in [0.15, 0.2) is 24.3 Å². The molecule has 0 atom stereocenters. The van der Waals surface area contributed by atoms with E-state index in [-0.39, 0.29) is 24.7 Å². The van der Waals surface area contributed by atoms with Crippen LogP contribution in [-0.4, -0.2) is 60.3 Å². The third-order valence-electron chi connectivity index (χ3n) is 4.62. The van der Waals surface area contributed by atoms with Crippen molar-refractivity contribution >= 4 is 12.0 Å². The highest BCUT2D eigenvalue weighted by atomic mass is 16.5. The lowest BCUT2D eigenvalue weighted by Crippen LogP contribution is -2.56. The van der Waals surface area contributed by atoms with E-state index in [1.165, 1.54) is 0 Å². The second-order valence-corrected chi connectivity index (χ2v) is 6.51. The van der Waals surface area contributed by atoms with Crippen molar-refractivity contribution < 1.29 is 19.4 Å². The molecule has 0 bridgehead atoms. The van der Waals surface area contributed by atoms with Gasteiger partial charge in [0.05, 0.1) is 13.2 Å². The molecule has 1 aliphatic carbocycles. The number of nitrogens with zero attached hydrogens (tertiary/aromatic N) is 1. The summed E-state index contributed by atoms with van der Waals surface area (Å²) in [7, 11) is 0. The van der Waals surface area contributed by atoms with E-state index in [0.717, 1.165) is 30.6 Å². The number of carbonyl (C=O) groups excluding carboxylic acids is 1. The first-order valence-electron chi connectivity index (χ1n) is 9.23. The first-order valence-corrected chi connectivity index (χ1v) is 9.23. The van der Waals surface area contributed by atoms with Crippen molar-refractivity contribution in [1.29, 1.82) is 0 Å². The number of hydrogen-bond donors (Lipinski definition) is 3. The van der Waals surface area contributed by atoms with Crippen molar-refractivity contribution in [2.75, 3.05) is 26.2 Å². The Morgan fingerprint density at radius 2 is 2.08 bits per heavy atom. The molecule has 0 aromatic heterocycles. The number of amides is 2. The van der Waals surface area contributed by atoms with Crippen molar-refractivity contribution in [3.8, 4) is 5.75 Å². The Kier molecular flexibility index (Phi) is 7.72. The molecule has 0 unspecified atom stereocenters. The second-order valence-electron chi connectivity index (χ2n) is 6.51. The molecule has 1 fully saturated rings. The minimum atomic E-state index is -0.811. The second kappa shape index (κ2) is 10.0. The maximum atomic E-state index is 12.0. The topological polar surface area (TPSA) is 90.9 Å². The molecule has 0 heterocycles. The molecule has 2 rings (SSSR count). The molecule has 7 nitrogen and oxygen atoms in total. The quantitative estimate of drug-likeness (QED) is 0.590. The van der Waals surface area contributed by atoms with Crippen LogP contribution in [0.3, 0.4) is 0 Å². The van der Waals surface area contributed by atoms with E-state index in [1.807, 2.05) is 43.0 Å². The lowest BCUT2D eigenvalue weighted by atomic mass is 9.85. The molecule has 1 aromatic rings. The molecule has 0 aliphatic heterocycles. The van der Waals surface area contributed by atoms with Crippen LogP contribution in [-0.2, 0) is 11.2 Å². The highest BCUT2D eigenvalue weighted by Crippen LogP contribution is 2.25. The van der Waals surface area contributed by atoms with Crippen molar-refractivity contribution in [2.45, 2.75) is 45.2 Å². The number of aliphatic carboxylic acids is 1. The van der Waals surface area contributed by atoms with Crippen LogP contribution in [0.1, 0.15) is 32.3 Å². The van der Waals surface area contributed by atoms with E-state index < -0.39 is 5.97 Å². The minimum Gasteiger partial charge on any atom is -0.494 e. The summed E-state index contributed by atoms with van der Waals surface area (Å²) in [6.45, 7) is 5.85. The molecule has 0 spiro atoms. The van der Waals surface area contributed by atoms with Gasteiger partial charge in [0.2, 0.25) is 0 Å². The van der Waals surface area contributed by atoms with E-state index in [9.17, 15) is 9.59 Å². The van der Waals surface area contributed by atoms with E-state index in [4.69, 9.17) is 9.84 Å². The Labute approximate surface area is 154 Å². The largest absolute Gasteiger partial charge is 0.494 e. The van der Waals surface area contributed by atoms with E-state index in [2.05, 4.69) is 10.6 Å². The van der Waals surface area contributed by atoms with Crippen molar-refractivity contribution in [3.63, 3.8) is 0 Å². The van der Waals surface area contributed by atoms with Crippen LogP contribution in [0.5, 0.6) is 5.75 Å². The predicted octanol–water partition coefficient (Wildman–Crippen LogP) is 1.86. The summed E-state index contributed by atoms with van der Waals surface area (Å²) in [4.78, 5) is 24.7. The number of benzene rings is 1. The third kappa shape index (κ3) is 6.22. The van der Waals surface area contributed by atoms with E-state index >= 15 is 0 Å². The number of ether oxygens (including phenoxy) is 1. The van der Waals surface area contributed by atoms with Gasteiger partial charge in [-0.25, -0.2) is 4.79 Å². The molecular formula is C19H29N3O4. The number of carbonyl (C=O) groups is 2. The van der Waals surface area contributed by atoms with E-state index in [0.29, 0.717) is 19.7 Å². The Hall–Kier alpha value is -2.28. The number of likely N-dealkylation sites (N-methyl/N-ethyl adjacent to an activating group) is 1. The van der Waals surface area contributed by atoms with Gasteiger partial charge in [-0.15, -0.1) is 0 Å². The van der Waals surface area contributed by atoms with Gasteiger partial charge < -0.3 is 20.5 Å². The summed E-state index contributed by atoms with van der Waals surface area (Å²) in [5.41, 5.74) is 1.12. The van der Waals surface area contributed by atoms with Crippen molar-refractivity contribution in [1.82, 2.24) is 15.5 Å². The Bertz CT molecular complexity index is 602. The average Bonchev–Trinajstić information content (AvgIpc) is 2.56. The van der Waals surface area contributed by atoms with Gasteiger partial charge in [0.25, 0.3) is 0 Å². The number of urea groups is 1. The standard InChI is InChI=1S/C19H29N3O4/c1-3-22(13-18(23)24)16-11-15(12-16)21-19(25)20-9-8-14-6-5-7-17(10-14)26-4-2/h5-7,10,15-16H,3-4,8-9,11-13H2,1-2H3,(H,23,24)(H2,20,21,25). The molecule has 1 aliphatic rings. The number of carboxylic acid groups (broad SMARTS) is 1. The molecule has 2 amide bonds. The van der Waals surface area contributed by atoms with E-state index in [1.54, 1.807) is 0 Å². The molecule has 0 saturated heterocycles. The van der Waals surface area contributed by atoms with Gasteiger partial charge >= 0.3 is 12.0 Å². The molecule has 144 valence electrons. The van der Waals surface area contributed by atoms with Crippen LogP contribution < -0.4 is 15.4 Å². The summed E-state index contributed by atoms with van der Waals surface area (Å²) in [6.07, 6.45) is 2.33. The van der Waals surface area contributed by atoms with Crippen molar-refractivity contribution in [3.05, 3.63) is 29.8 Å². The smallest absolute Gasteiger partial charge is 0.317 e. The zero-order chi connectivity index (χ0) is 18.9. The molecule has 3 N–H and O–H groups in total. The maximum Gasteiger partial charge on any atom is 0.317 e. The van der Waals surface area contributed by atoms with Gasteiger partial charge in [0, 0.05) is 18.6 Å². The van der Waals surface area contributed by atoms with Gasteiger partial charge in [-0.3, -0.25) is 9.69 Å². The normalized spacial score (nSPS) is 18.9. The van der Waals surface area contributed by atoms with Gasteiger partial charge in [-0.1, -0.05) is 19.1 Å². The SMILES string of the molecule is CCOc1cccc(CCNC(=O)NC2CC(N(CC)CC(=O)O)C2)c1. The molecule has 26 heavy (non-hydrogen) atoms. The number of carboxylic acids is 1. The first-order chi connectivity index (χ1) is 12.5. The fraction of sp³-hybridized carbons (Fsp3) is 0.579. The Morgan fingerprint density at radius 3 is 2.73 bits per heavy atom. The molecule has 1 aromatic carbocycles. The van der Waals surface area contributed by atoms with Gasteiger partial charge in [0.15, 0.2) is 0 Å². The van der Waals surface area contributed by atoms with Gasteiger partial charge in [0.1, 0.15) is 5.75 Å². The minimum absolute atomic E-state index is 0.0564. The first kappa shape index (κ1) is 20.0. The van der Waals surface area contributed by atoms with Crippen LogP contribution in [0.2, 0.25) is 0 Å². The van der Waals surface area contributed by atoms with Crippen LogP contribution in [0, 0.1) is 0 Å². The monoisotopic (exact) mass is 363 g/mol. The Balaban J connectivity index is 1.64. The lowest BCUT2D eigenvalue weighted by Gasteiger charge is -2.42. The molecule has 0 radical (unpaired) electrons. The summed E-state index contributed by atoms with van der Waals surface area (Å²) in [5.74, 6) is 0.0335. The highest BCUT2D eigenvalue weighted by Gasteiger charge is 2.34. The average molecular weight is 363 g/mol. The number of rotatable bonds is 10. The number of hydrogen-bond acceptors (Lipinski definition) is 4. The van der Waals surface area contributed by atoms with Crippen molar-refractivity contribution in [2.24, 2.45) is 0 Å². The third-order valence-corrected chi connectivity index (χ3v) is 4.62. The predicted molar refractivity (Wildman–Crippen MR) is 99.5 cm³/mol. The summed E-state index contributed by atoms with van der Waals surface area (Å²) >= 11 is 0. The summed E-state index contributed by atoms with van der Waals surface area (Å²) < 4.78 is 5.47. The molecule has 7 heteroatoms. The molecule has 1 saturated carbocycles. The summed E-state index contributed by atoms with van der Waals surface area (Å²) in [6, 6.07) is 8.06. The van der Waals surface area contributed by atoms with Crippen LogP contribution >= 0.6 is 0 Å². The fourth-order valence-electron chi connectivity index (χ4n) is 3.19. The van der Waals surface area contributed by atoms with Crippen LogP contribution in [0.25, 0.3) is 0 Å². The zero-order valence-corrected chi connectivity index (χ0v) is 15.5.